The molecule has 0 aliphatic carbocycles. The number of rotatable bonds is 4. The lowest BCUT2D eigenvalue weighted by Gasteiger charge is -2.13. The summed E-state index contributed by atoms with van der Waals surface area (Å²) in [6, 6.07) is 4.94. The second-order valence-electron chi connectivity index (χ2n) is 6.16. The van der Waals surface area contributed by atoms with Crippen molar-refractivity contribution in [3.05, 3.63) is 52.4 Å². The molecule has 1 aromatic carbocycles. The second kappa shape index (κ2) is 7.15. The number of carbonyl (C=O) groups excluding carboxylic acids is 1. The molecule has 2 heterocycles. The van der Waals surface area contributed by atoms with E-state index < -0.39 is 12.0 Å². The number of hydrogen-bond donors (Lipinski definition) is 3. The van der Waals surface area contributed by atoms with Gasteiger partial charge in [-0.3, -0.25) is 9.78 Å². The highest BCUT2D eigenvalue weighted by Gasteiger charge is 2.24. The molecule has 8 heteroatoms. The van der Waals surface area contributed by atoms with E-state index in [0.717, 1.165) is 5.52 Å². The summed E-state index contributed by atoms with van der Waals surface area (Å²) in [7, 11) is 0. The van der Waals surface area contributed by atoms with Crippen molar-refractivity contribution in [3.8, 4) is 5.75 Å². The maximum Gasteiger partial charge on any atom is 0.258 e. The molecular formula is C18H17Cl2N3O3. The molecular weight excluding hydrogens is 377 g/mol. The number of aliphatic hydroxyl groups excluding tert-OH is 1. The predicted molar refractivity (Wildman–Crippen MR) is 102 cm³/mol. The van der Waals surface area contributed by atoms with Gasteiger partial charge in [0.05, 0.1) is 15.7 Å². The summed E-state index contributed by atoms with van der Waals surface area (Å²) >= 11 is 12.0. The van der Waals surface area contributed by atoms with Crippen molar-refractivity contribution < 1.29 is 15.0 Å². The number of fused-ring (bicyclic) bond motifs is 1. The van der Waals surface area contributed by atoms with Gasteiger partial charge in [0.1, 0.15) is 5.75 Å². The van der Waals surface area contributed by atoms with Crippen LogP contribution in [0.1, 0.15) is 31.6 Å². The van der Waals surface area contributed by atoms with Gasteiger partial charge in [-0.25, -0.2) is 0 Å². The first-order valence-corrected chi connectivity index (χ1v) is 8.66. The number of nitrogens with one attached hydrogen (secondary N) is 1. The van der Waals surface area contributed by atoms with Crippen LogP contribution < -0.4 is 5.32 Å². The smallest absolute Gasteiger partial charge is 0.258 e. The largest absolute Gasteiger partial charge is 0.508 e. The van der Waals surface area contributed by atoms with Crippen LogP contribution >= 0.6 is 23.2 Å². The number of carbonyl (C=O) groups is 1. The van der Waals surface area contributed by atoms with Gasteiger partial charge in [0.15, 0.2) is 6.10 Å². The Balaban J connectivity index is 2.00. The topological polar surface area (TPSA) is 87.4 Å². The fraction of sp³-hybridized carbons (Fsp3) is 0.222. The lowest BCUT2D eigenvalue weighted by atomic mass is 10.1. The zero-order valence-electron chi connectivity index (χ0n) is 14.1. The van der Waals surface area contributed by atoms with E-state index in [1.807, 2.05) is 18.4 Å². The third-order valence-electron chi connectivity index (χ3n) is 4.05. The first-order valence-electron chi connectivity index (χ1n) is 7.91. The van der Waals surface area contributed by atoms with Gasteiger partial charge in [0, 0.05) is 41.1 Å². The highest BCUT2D eigenvalue weighted by Crippen LogP contribution is 2.34. The third kappa shape index (κ3) is 3.35. The molecule has 2 aromatic heterocycles. The Morgan fingerprint density at radius 2 is 1.88 bits per heavy atom. The third-order valence-corrected chi connectivity index (χ3v) is 4.62. The highest BCUT2D eigenvalue weighted by molar-refractivity contribution is 6.39. The van der Waals surface area contributed by atoms with E-state index in [9.17, 15) is 15.0 Å². The average Bonchev–Trinajstić information content (AvgIpc) is 2.96. The summed E-state index contributed by atoms with van der Waals surface area (Å²) in [5.74, 6) is -0.640. The summed E-state index contributed by atoms with van der Waals surface area (Å²) in [4.78, 5) is 16.4. The molecule has 0 spiro atoms. The molecule has 6 nitrogen and oxygen atoms in total. The monoisotopic (exact) mass is 393 g/mol. The van der Waals surface area contributed by atoms with Crippen molar-refractivity contribution in [2.24, 2.45) is 0 Å². The van der Waals surface area contributed by atoms with E-state index in [0.29, 0.717) is 10.9 Å². The fourth-order valence-electron chi connectivity index (χ4n) is 2.78. The van der Waals surface area contributed by atoms with Crippen molar-refractivity contribution in [1.29, 1.82) is 0 Å². The number of phenols is 1. The molecule has 0 aliphatic heterocycles. The number of aliphatic hydroxyl groups is 1. The number of benzene rings is 1. The second-order valence-corrected chi connectivity index (χ2v) is 6.97. The molecule has 1 unspecified atom stereocenters. The summed E-state index contributed by atoms with van der Waals surface area (Å²) in [5, 5.41) is 23.9. The van der Waals surface area contributed by atoms with Gasteiger partial charge < -0.3 is 20.1 Å². The minimum atomic E-state index is -1.47. The Morgan fingerprint density at radius 3 is 2.50 bits per heavy atom. The number of aromatic hydroxyl groups is 1. The molecule has 1 amide bonds. The molecule has 1 atom stereocenters. The molecule has 0 fully saturated rings. The van der Waals surface area contributed by atoms with E-state index in [4.69, 9.17) is 23.2 Å². The molecule has 0 radical (unpaired) electrons. The van der Waals surface area contributed by atoms with Gasteiger partial charge in [-0.2, -0.15) is 0 Å². The molecule has 3 rings (SSSR count). The van der Waals surface area contributed by atoms with E-state index in [-0.39, 0.29) is 27.5 Å². The Morgan fingerprint density at radius 1 is 1.23 bits per heavy atom. The van der Waals surface area contributed by atoms with Crippen LogP contribution in [0.2, 0.25) is 10.0 Å². The van der Waals surface area contributed by atoms with Gasteiger partial charge in [-0.05, 0) is 32.0 Å². The predicted octanol–water partition coefficient (Wildman–Crippen LogP) is 4.30. The summed E-state index contributed by atoms with van der Waals surface area (Å²) in [6.07, 6.45) is 2.92. The molecule has 0 saturated carbocycles. The number of nitrogens with zero attached hydrogens (tertiary/aromatic N) is 2. The van der Waals surface area contributed by atoms with Crippen molar-refractivity contribution in [1.82, 2.24) is 9.55 Å². The lowest BCUT2D eigenvalue weighted by molar-refractivity contribution is -0.124. The van der Waals surface area contributed by atoms with Crippen LogP contribution in [-0.4, -0.2) is 25.7 Å². The number of pyridine rings is 1. The summed E-state index contributed by atoms with van der Waals surface area (Å²) in [5.41, 5.74) is 1.37. The Kier molecular flexibility index (Phi) is 5.09. The van der Waals surface area contributed by atoms with Crippen molar-refractivity contribution in [2.75, 3.05) is 5.32 Å². The van der Waals surface area contributed by atoms with Crippen LogP contribution in [-0.2, 0) is 4.79 Å². The van der Waals surface area contributed by atoms with Gasteiger partial charge in [-0.1, -0.05) is 23.2 Å². The minimum absolute atomic E-state index is 0.0492. The standard InChI is InChI=1S/C18H17Cl2N3O3/c1-9(2)23-8-12(11-5-10(24)3-4-15(11)23)17(25)18(26)22-16-13(19)6-21-7-14(16)20/h3-9,17,24-25H,1-2H3,(H,21,22,26). The van der Waals surface area contributed by atoms with Crippen LogP contribution in [0.3, 0.4) is 0 Å². The Hall–Kier alpha value is -2.28. The fourth-order valence-corrected chi connectivity index (χ4v) is 3.24. The first-order chi connectivity index (χ1) is 12.3. The zero-order chi connectivity index (χ0) is 19.0. The van der Waals surface area contributed by atoms with E-state index in [1.165, 1.54) is 18.5 Å². The van der Waals surface area contributed by atoms with Gasteiger partial charge in [-0.15, -0.1) is 0 Å². The number of halogens is 2. The molecule has 3 N–H and O–H groups in total. The quantitative estimate of drug-likeness (QED) is 0.616. The normalized spacial score (nSPS) is 12.5. The van der Waals surface area contributed by atoms with E-state index in [2.05, 4.69) is 10.3 Å². The lowest BCUT2D eigenvalue weighted by Crippen LogP contribution is -2.21. The van der Waals surface area contributed by atoms with Gasteiger partial charge >= 0.3 is 0 Å². The average molecular weight is 394 g/mol. The van der Waals surface area contributed by atoms with Crippen molar-refractivity contribution in [2.45, 2.75) is 26.0 Å². The Labute approximate surface area is 160 Å². The summed E-state index contributed by atoms with van der Waals surface area (Å²) in [6.45, 7) is 3.97. The molecule has 26 heavy (non-hydrogen) atoms. The maximum atomic E-state index is 12.6. The highest BCUT2D eigenvalue weighted by atomic mass is 35.5. The van der Waals surface area contributed by atoms with Crippen LogP contribution in [0.4, 0.5) is 5.69 Å². The maximum absolute atomic E-state index is 12.6. The van der Waals surface area contributed by atoms with Crippen molar-refractivity contribution >= 4 is 45.7 Å². The van der Waals surface area contributed by atoms with Crippen LogP contribution in [0, 0.1) is 0 Å². The van der Waals surface area contributed by atoms with Gasteiger partial charge in [0.2, 0.25) is 0 Å². The number of hydrogen-bond acceptors (Lipinski definition) is 4. The number of aromatic nitrogens is 2. The first kappa shape index (κ1) is 18.5. The zero-order valence-corrected chi connectivity index (χ0v) is 15.6. The molecule has 0 saturated heterocycles. The summed E-state index contributed by atoms with van der Waals surface area (Å²) < 4.78 is 1.92. The minimum Gasteiger partial charge on any atom is -0.508 e. The van der Waals surface area contributed by atoms with Crippen LogP contribution in [0.15, 0.2) is 36.8 Å². The SMILES string of the molecule is CC(C)n1cc(C(O)C(=O)Nc2c(Cl)cncc2Cl)c2cc(O)ccc21. The Bertz CT molecular complexity index is 965. The number of phenolic OH excluding ortho intramolecular Hbond substituents is 1. The molecule has 0 bridgehead atoms. The molecule has 0 aliphatic rings. The number of anilines is 1. The van der Waals surface area contributed by atoms with E-state index in [1.54, 1.807) is 18.3 Å². The number of amides is 1. The van der Waals surface area contributed by atoms with Crippen molar-refractivity contribution in [3.63, 3.8) is 0 Å². The molecule has 3 aromatic rings. The van der Waals surface area contributed by atoms with Crippen LogP contribution in [0.5, 0.6) is 5.75 Å². The molecule has 136 valence electrons. The van der Waals surface area contributed by atoms with Gasteiger partial charge in [0.25, 0.3) is 5.91 Å². The van der Waals surface area contributed by atoms with E-state index >= 15 is 0 Å². The van der Waals surface area contributed by atoms with Crippen LogP contribution in [0.25, 0.3) is 10.9 Å².